The largest absolute Gasteiger partial charge is 0.354 e. The van der Waals surface area contributed by atoms with E-state index in [4.69, 9.17) is 0 Å². The van der Waals surface area contributed by atoms with Gasteiger partial charge in [0.2, 0.25) is 0 Å². The maximum atomic E-state index is 13.9. The third-order valence-corrected chi connectivity index (χ3v) is 5.95. The van der Waals surface area contributed by atoms with E-state index in [0.717, 1.165) is 25.2 Å². The van der Waals surface area contributed by atoms with Crippen molar-refractivity contribution in [2.75, 3.05) is 12.8 Å². The average Bonchev–Trinajstić information content (AvgIpc) is 3.13. The number of halogens is 2. The summed E-state index contributed by atoms with van der Waals surface area (Å²) in [5.74, 6) is -0.249. The predicted molar refractivity (Wildman–Crippen MR) is 96.7 cm³/mol. The molecular weight excluding hydrogens is 328 g/mol. The first-order valence-corrected chi connectivity index (χ1v) is 9.95. The highest BCUT2D eigenvalue weighted by Gasteiger charge is 2.42. The Morgan fingerprint density at radius 2 is 1.96 bits per heavy atom. The van der Waals surface area contributed by atoms with Crippen LogP contribution >= 0.6 is 11.8 Å². The zero-order chi connectivity index (χ0) is 17.1. The molecule has 0 heterocycles. The quantitative estimate of drug-likeness (QED) is 0.626. The first-order valence-electron chi connectivity index (χ1n) is 8.66. The summed E-state index contributed by atoms with van der Waals surface area (Å²) in [6.45, 7) is 2.67. The molecule has 2 aliphatic rings. The van der Waals surface area contributed by atoms with E-state index >= 15 is 0 Å². The molecule has 0 saturated heterocycles. The molecule has 0 spiro atoms. The molecule has 24 heavy (non-hydrogen) atoms. The van der Waals surface area contributed by atoms with E-state index in [1.54, 1.807) is 0 Å². The third-order valence-electron chi connectivity index (χ3n) is 4.86. The highest BCUT2D eigenvalue weighted by Crippen LogP contribution is 2.43. The molecule has 132 valence electrons. The Balaban J connectivity index is 1.59. The van der Waals surface area contributed by atoms with Crippen LogP contribution in [0.1, 0.15) is 44.1 Å². The highest BCUT2D eigenvalue weighted by molar-refractivity contribution is 7.99. The number of benzene rings is 1. The number of aliphatic imine (C=N–C) groups is 1. The van der Waals surface area contributed by atoms with Gasteiger partial charge in [-0.3, -0.25) is 4.99 Å². The lowest BCUT2D eigenvalue weighted by Gasteiger charge is -2.18. The Morgan fingerprint density at radius 1 is 1.21 bits per heavy atom. The first kappa shape index (κ1) is 17.5. The second kappa shape index (κ2) is 7.72. The van der Waals surface area contributed by atoms with Gasteiger partial charge in [-0.1, -0.05) is 6.07 Å². The number of nitrogens with zero attached hydrogens (tertiary/aromatic N) is 1. The highest BCUT2D eigenvalue weighted by atomic mass is 32.2. The van der Waals surface area contributed by atoms with Crippen LogP contribution in [0, 0.1) is 11.6 Å². The number of thioether (sulfide) groups is 1. The molecule has 2 saturated carbocycles. The van der Waals surface area contributed by atoms with Gasteiger partial charge in [0, 0.05) is 35.4 Å². The maximum Gasteiger partial charge on any atom is 0.191 e. The van der Waals surface area contributed by atoms with E-state index in [9.17, 15) is 8.78 Å². The van der Waals surface area contributed by atoms with Crippen molar-refractivity contribution in [3.8, 4) is 0 Å². The van der Waals surface area contributed by atoms with Crippen LogP contribution in [0.25, 0.3) is 0 Å². The van der Waals surface area contributed by atoms with Crippen molar-refractivity contribution in [3.63, 3.8) is 0 Å². The fraction of sp³-hybridized carbons (Fsp3) is 0.611. The second-order valence-corrected chi connectivity index (χ2v) is 7.70. The molecule has 0 amide bonds. The molecule has 2 N–H and O–H groups in total. The van der Waals surface area contributed by atoms with Gasteiger partial charge in [0.05, 0.1) is 0 Å². The molecule has 0 radical (unpaired) electrons. The Labute approximate surface area is 146 Å². The number of hydrogen-bond acceptors (Lipinski definition) is 2. The predicted octanol–water partition coefficient (Wildman–Crippen LogP) is 3.66. The molecule has 1 aromatic rings. The van der Waals surface area contributed by atoms with Gasteiger partial charge in [0.1, 0.15) is 11.6 Å². The minimum absolute atomic E-state index is 0.0481. The summed E-state index contributed by atoms with van der Waals surface area (Å²) in [7, 11) is 0. The SMILES string of the molecule is CCN=C(NC1CCC(SC)C1)NC1CC1c1c(F)cccc1F. The van der Waals surface area contributed by atoms with Crippen LogP contribution in [0.5, 0.6) is 0 Å². The summed E-state index contributed by atoms with van der Waals surface area (Å²) in [6, 6.07) is 4.55. The van der Waals surface area contributed by atoms with Crippen molar-refractivity contribution in [1.29, 1.82) is 0 Å². The van der Waals surface area contributed by atoms with Crippen molar-refractivity contribution in [1.82, 2.24) is 10.6 Å². The topological polar surface area (TPSA) is 36.4 Å². The second-order valence-electron chi connectivity index (χ2n) is 6.56. The normalized spacial score (nSPS) is 29.6. The molecule has 1 aromatic carbocycles. The molecule has 0 aromatic heterocycles. The summed E-state index contributed by atoms with van der Waals surface area (Å²) >= 11 is 1.92. The monoisotopic (exact) mass is 353 g/mol. The minimum Gasteiger partial charge on any atom is -0.354 e. The van der Waals surface area contributed by atoms with Gasteiger partial charge >= 0.3 is 0 Å². The van der Waals surface area contributed by atoms with E-state index < -0.39 is 11.6 Å². The summed E-state index contributed by atoms with van der Waals surface area (Å²) in [6.07, 6.45) is 6.41. The van der Waals surface area contributed by atoms with Crippen LogP contribution in [0.4, 0.5) is 8.78 Å². The van der Waals surface area contributed by atoms with E-state index in [1.807, 2.05) is 18.7 Å². The lowest BCUT2D eigenvalue weighted by atomic mass is 10.1. The van der Waals surface area contributed by atoms with E-state index in [1.165, 1.54) is 24.6 Å². The molecular formula is C18H25F2N3S. The Morgan fingerprint density at radius 3 is 2.58 bits per heavy atom. The average molecular weight is 353 g/mol. The molecule has 0 aliphatic heterocycles. The Bertz CT molecular complexity index is 588. The summed E-state index contributed by atoms with van der Waals surface area (Å²) < 4.78 is 27.8. The molecule has 6 heteroatoms. The van der Waals surface area contributed by atoms with Crippen molar-refractivity contribution in [3.05, 3.63) is 35.4 Å². The molecule has 4 atom stereocenters. The molecule has 3 rings (SSSR count). The molecule has 3 nitrogen and oxygen atoms in total. The number of hydrogen-bond donors (Lipinski definition) is 2. The summed E-state index contributed by atoms with van der Waals surface area (Å²) in [5.41, 5.74) is 0.203. The van der Waals surface area contributed by atoms with Gasteiger partial charge in [-0.05, 0) is 51.0 Å². The molecule has 2 fully saturated rings. The molecule has 4 unspecified atom stereocenters. The lowest BCUT2D eigenvalue weighted by molar-refractivity contribution is 0.552. The Hall–Kier alpha value is -1.30. The van der Waals surface area contributed by atoms with Crippen molar-refractivity contribution < 1.29 is 8.78 Å². The van der Waals surface area contributed by atoms with E-state index in [2.05, 4.69) is 21.9 Å². The summed E-state index contributed by atoms with van der Waals surface area (Å²) in [4.78, 5) is 4.49. The zero-order valence-corrected chi connectivity index (χ0v) is 15.0. The van der Waals surface area contributed by atoms with Gasteiger partial charge in [0.15, 0.2) is 5.96 Å². The minimum atomic E-state index is -0.454. The van der Waals surface area contributed by atoms with Gasteiger partial charge in [-0.2, -0.15) is 11.8 Å². The smallest absolute Gasteiger partial charge is 0.191 e. The van der Waals surface area contributed by atoms with Crippen molar-refractivity contribution in [2.24, 2.45) is 4.99 Å². The molecule has 0 bridgehead atoms. The van der Waals surface area contributed by atoms with Gasteiger partial charge in [-0.15, -0.1) is 0 Å². The van der Waals surface area contributed by atoms with Crippen molar-refractivity contribution >= 4 is 17.7 Å². The van der Waals surface area contributed by atoms with Crippen LogP contribution in [-0.2, 0) is 0 Å². The third kappa shape index (κ3) is 4.02. The summed E-state index contributed by atoms with van der Waals surface area (Å²) in [5, 5.41) is 7.56. The number of rotatable bonds is 5. The zero-order valence-electron chi connectivity index (χ0n) is 14.2. The van der Waals surface area contributed by atoms with Crippen LogP contribution in [0.15, 0.2) is 23.2 Å². The van der Waals surface area contributed by atoms with Gasteiger partial charge in [-0.25, -0.2) is 8.78 Å². The number of nitrogens with one attached hydrogen (secondary N) is 2. The van der Waals surface area contributed by atoms with Crippen LogP contribution < -0.4 is 10.6 Å². The Kier molecular flexibility index (Phi) is 5.64. The van der Waals surface area contributed by atoms with E-state index in [-0.39, 0.29) is 17.5 Å². The van der Waals surface area contributed by atoms with Gasteiger partial charge < -0.3 is 10.6 Å². The van der Waals surface area contributed by atoms with Crippen LogP contribution in [0.2, 0.25) is 0 Å². The lowest BCUT2D eigenvalue weighted by Crippen LogP contribution is -2.44. The fourth-order valence-corrected chi connectivity index (χ4v) is 4.28. The first-order chi connectivity index (χ1) is 11.6. The van der Waals surface area contributed by atoms with Crippen LogP contribution in [-0.4, -0.2) is 36.1 Å². The van der Waals surface area contributed by atoms with Crippen LogP contribution in [0.3, 0.4) is 0 Å². The fourth-order valence-electron chi connectivity index (χ4n) is 3.48. The van der Waals surface area contributed by atoms with E-state index in [0.29, 0.717) is 17.8 Å². The van der Waals surface area contributed by atoms with Gasteiger partial charge in [0.25, 0.3) is 0 Å². The molecule has 2 aliphatic carbocycles. The maximum absolute atomic E-state index is 13.9. The standard InChI is InChI=1S/C18H25F2N3S/c1-3-21-18(22-11-7-8-12(9-11)24-2)23-16-10-13(16)17-14(19)5-4-6-15(17)20/h4-6,11-13,16H,3,7-10H2,1-2H3,(H2,21,22,23). The number of guanidine groups is 1. The van der Waals surface area contributed by atoms with Crippen molar-refractivity contribution in [2.45, 2.75) is 55.9 Å².